The van der Waals surface area contributed by atoms with Gasteiger partial charge in [-0.2, -0.15) is 11.8 Å². The highest BCUT2D eigenvalue weighted by molar-refractivity contribution is 9.10. The van der Waals surface area contributed by atoms with Crippen LogP contribution in [0.25, 0.3) is 11.1 Å². The molecule has 0 atom stereocenters. The zero-order chi connectivity index (χ0) is 18.0. The molecule has 1 aliphatic rings. The molecular formula is C17H17Br2O4PS. The zero-order valence-corrected chi connectivity index (χ0v) is 18.1. The number of benzene rings is 2. The standard InChI is InChI=1S/C17H17Br2O4PS/c18-11-1-3-13-15(5-7-25-8-6-23-24(20,21)22)14-4-2-12(19)10-17(14)16(13)9-11/h1-4,9-10,15H,5-8H2,(H2,20,21,22). The van der Waals surface area contributed by atoms with Crippen molar-refractivity contribution < 1.29 is 18.9 Å². The summed E-state index contributed by atoms with van der Waals surface area (Å²) in [6, 6.07) is 12.9. The predicted octanol–water partition coefficient (Wildman–Crippen LogP) is 5.56. The molecule has 0 fully saturated rings. The second kappa shape index (κ2) is 8.26. The van der Waals surface area contributed by atoms with E-state index in [9.17, 15) is 4.57 Å². The van der Waals surface area contributed by atoms with E-state index in [1.807, 2.05) is 0 Å². The summed E-state index contributed by atoms with van der Waals surface area (Å²) in [5.41, 5.74) is 5.21. The van der Waals surface area contributed by atoms with E-state index in [2.05, 4.69) is 72.8 Å². The van der Waals surface area contributed by atoms with E-state index >= 15 is 0 Å². The number of phosphoric ester groups is 1. The van der Waals surface area contributed by atoms with Crippen molar-refractivity contribution in [1.82, 2.24) is 0 Å². The second-order valence-electron chi connectivity index (χ2n) is 5.74. The Kier molecular flexibility index (Phi) is 6.48. The van der Waals surface area contributed by atoms with Crippen LogP contribution in [-0.2, 0) is 9.09 Å². The average molecular weight is 508 g/mol. The van der Waals surface area contributed by atoms with Gasteiger partial charge in [-0.3, -0.25) is 4.52 Å². The maximum Gasteiger partial charge on any atom is 0.469 e. The number of hydrogen-bond acceptors (Lipinski definition) is 3. The highest BCUT2D eigenvalue weighted by Crippen LogP contribution is 2.48. The van der Waals surface area contributed by atoms with Crippen molar-refractivity contribution in [3.8, 4) is 11.1 Å². The van der Waals surface area contributed by atoms with Crippen molar-refractivity contribution >= 4 is 51.4 Å². The van der Waals surface area contributed by atoms with E-state index in [1.165, 1.54) is 22.3 Å². The Morgan fingerprint density at radius 3 is 2.08 bits per heavy atom. The molecule has 2 aromatic rings. The van der Waals surface area contributed by atoms with Gasteiger partial charge in [0.1, 0.15) is 0 Å². The summed E-state index contributed by atoms with van der Waals surface area (Å²) in [5, 5.41) is 0. The van der Waals surface area contributed by atoms with Crippen molar-refractivity contribution in [3.05, 3.63) is 56.5 Å². The fourth-order valence-corrected chi connectivity index (χ4v) is 5.11. The first-order valence-electron chi connectivity index (χ1n) is 7.72. The molecule has 0 amide bonds. The minimum atomic E-state index is -4.35. The Labute approximate surface area is 167 Å². The Hall–Kier alpha value is -0.140. The van der Waals surface area contributed by atoms with Gasteiger partial charge in [0.25, 0.3) is 0 Å². The van der Waals surface area contributed by atoms with Crippen molar-refractivity contribution in [2.75, 3.05) is 18.1 Å². The predicted molar refractivity (Wildman–Crippen MR) is 109 cm³/mol. The maximum absolute atomic E-state index is 10.7. The van der Waals surface area contributed by atoms with E-state index in [4.69, 9.17) is 9.79 Å². The maximum atomic E-state index is 10.7. The normalized spacial score (nSPS) is 13.8. The summed E-state index contributed by atoms with van der Waals surface area (Å²) in [4.78, 5) is 17.4. The van der Waals surface area contributed by atoms with E-state index < -0.39 is 7.82 Å². The van der Waals surface area contributed by atoms with Crippen molar-refractivity contribution in [2.24, 2.45) is 0 Å². The molecule has 3 rings (SSSR count). The average Bonchev–Trinajstić information content (AvgIpc) is 2.82. The highest BCUT2D eigenvalue weighted by Gasteiger charge is 2.28. The van der Waals surface area contributed by atoms with Gasteiger partial charge in [0.15, 0.2) is 0 Å². The van der Waals surface area contributed by atoms with Gasteiger partial charge in [0.05, 0.1) is 6.61 Å². The lowest BCUT2D eigenvalue weighted by Crippen LogP contribution is -2.01. The lowest BCUT2D eigenvalue weighted by atomic mass is 9.94. The van der Waals surface area contributed by atoms with Gasteiger partial charge in [-0.25, -0.2) is 4.57 Å². The summed E-state index contributed by atoms with van der Waals surface area (Å²) < 4.78 is 17.3. The molecule has 0 radical (unpaired) electrons. The Bertz CT molecular complexity index is 773. The quantitative estimate of drug-likeness (QED) is 0.379. The largest absolute Gasteiger partial charge is 0.469 e. The van der Waals surface area contributed by atoms with Crippen LogP contribution in [0.5, 0.6) is 0 Å². The Morgan fingerprint density at radius 1 is 1.00 bits per heavy atom. The summed E-state index contributed by atoms with van der Waals surface area (Å²) in [7, 11) is -4.35. The molecule has 2 aromatic carbocycles. The molecule has 4 nitrogen and oxygen atoms in total. The van der Waals surface area contributed by atoms with E-state index in [1.54, 1.807) is 11.8 Å². The molecule has 0 saturated carbocycles. The number of thioether (sulfide) groups is 1. The van der Waals surface area contributed by atoms with Crippen LogP contribution in [0.2, 0.25) is 0 Å². The molecule has 0 aromatic heterocycles. The summed E-state index contributed by atoms with van der Waals surface area (Å²) in [5.74, 6) is 1.82. The van der Waals surface area contributed by atoms with Crippen LogP contribution in [0.3, 0.4) is 0 Å². The lowest BCUT2D eigenvalue weighted by molar-refractivity contribution is 0.208. The van der Waals surface area contributed by atoms with Crippen LogP contribution in [0, 0.1) is 0 Å². The SMILES string of the molecule is O=P(O)(O)OCCSCCC1c2ccc(Br)cc2-c2cc(Br)ccc21. The Balaban J connectivity index is 1.67. The van der Waals surface area contributed by atoms with E-state index in [0.717, 1.165) is 21.1 Å². The minimum absolute atomic E-state index is 0.0622. The van der Waals surface area contributed by atoms with Gasteiger partial charge in [-0.05, 0) is 58.7 Å². The number of phosphoric acid groups is 1. The number of hydrogen-bond donors (Lipinski definition) is 2. The van der Waals surface area contributed by atoms with Crippen molar-refractivity contribution in [3.63, 3.8) is 0 Å². The second-order valence-corrected chi connectivity index (χ2v) is 10.0. The number of fused-ring (bicyclic) bond motifs is 3. The summed E-state index contributed by atoms with van der Waals surface area (Å²) in [6.07, 6.45) is 0.976. The molecule has 0 bridgehead atoms. The molecule has 1 aliphatic carbocycles. The van der Waals surface area contributed by atoms with Crippen LogP contribution in [-0.4, -0.2) is 27.9 Å². The van der Waals surface area contributed by atoms with Crippen LogP contribution in [0.4, 0.5) is 0 Å². The van der Waals surface area contributed by atoms with Gasteiger partial charge in [-0.15, -0.1) is 0 Å². The molecule has 0 saturated heterocycles. The summed E-state index contributed by atoms with van der Waals surface area (Å²) >= 11 is 8.77. The molecule has 2 N–H and O–H groups in total. The van der Waals surface area contributed by atoms with E-state index in [0.29, 0.717) is 11.7 Å². The third-order valence-corrected chi connectivity index (χ3v) is 6.59. The minimum Gasteiger partial charge on any atom is -0.303 e. The summed E-state index contributed by atoms with van der Waals surface area (Å²) in [6.45, 7) is 0.0622. The first kappa shape index (κ1) is 19.6. The van der Waals surface area contributed by atoms with Crippen molar-refractivity contribution in [2.45, 2.75) is 12.3 Å². The van der Waals surface area contributed by atoms with E-state index in [-0.39, 0.29) is 6.61 Å². The van der Waals surface area contributed by atoms with Gasteiger partial charge in [-0.1, -0.05) is 44.0 Å². The lowest BCUT2D eigenvalue weighted by Gasteiger charge is -2.13. The molecule has 8 heteroatoms. The smallest absolute Gasteiger partial charge is 0.303 e. The molecule has 0 spiro atoms. The van der Waals surface area contributed by atoms with Crippen molar-refractivity contribution in [1.29, 1.82) is 0 Å². The molecule has 0 heterocycles. The van der Waals surface area contributed by atoms with Crippen LogP contribution >= 0.6 is 51.4 Å². The van der Waals surface area contributed by atoms with Gasteiger partial charge >= 0.3 is 7.82 Å². The molecule has 25 heavy (non-hydrogen) atoms. The third kappa shape index (κ3) is 4.98. The fourth-order valence-electron chi connectivity index (χ4n) is 3.13. The number of halogens is 2. The third-order valence-electron chi connectivity index (χ3n) is 4.11. The van der Waals surface area contributed by atoms with Crippen LogP contribution in [0.15, 0.2) is 45.3 Å². The van der Waals surface area contributed by atoms with Crippen LogP contribution < -0.4 is 0 Å². The first-order valence-corrected chi connectivity index (χ1v) is 12.0. The molecule has 0 aliphatic heterocycles. The highest BCUT2D eigenvalue weighted by atomic mass is 79.9. The zero-order valence-electron chi connectivity index (χ0n) is 13.2. The van der Waals surface area contributed by atoms with Gasteiger partial charge < -0.3 is 9.79 Å². The molecule has 0 unspecified atom stereocenters. The monoisotopic (exact) mass is 506 g/mol. The molecular weight excluding hydrogens is 491 g/mol. The Morgan fingerprint density at radius 2 is 1.56 bits per heavy atom. The van der Waals surface area contributed by atoms with Crippen LogP contribution in [0.1, 0.15) is 23.5 Å². The molecule has 134 valence electrons. The topological polar surface area (TPSA) is 66.8 Å². The first-order chi connectivity index (χ1) is 11.8. The van der Waals surface area contributed by atoms with Gasteiger partial charge in [0.2, 0.25) is 0 Å². The fraction of sp³-hybridized carbons (Fsp3) is 0.294. The number of rotatable bonds is 7. The van der Waals surface area contributed by atoms with Gasteiger partial charge in [0, 0.05) is 20.6 Å².